The Hall–Kier alpha value is -3.07. The molecule has 9 nitrogen and oxygen atoms in total. The topological polar surface area (TPSA) is 134 Å². The van der Waals surface area contributed by atoms with Crippen LogP contribution in [-0.4, -0.2) is 49.3 Å². The Bertz CT molecular complexity index is 1330. The molecule has 0 aromatic heterocycles. The van der Waals surface area contributed by atoms with Gasteiger partial charge in [-0.1, -0.05) is 175 Å². The zero-order valence-corrected chi connectivity index (χ0v) is 40.0. The maximum Gasteiger partial charge on any atom is 0.472 e. The normalized spacial score (nSPS) is 14.1. The molecule has 62 heavy (non-hydrogen) atoms. The largest absolute Gasteiger partial charge is 0.472 e. The van der Waals surface area contributed by atoms with Crippen molar-refractivity contribution in [3.05, 3.63) is 97.2 Å². The zero-order chi connectivity index (χ0) is 45.3. The number of ether oxygens (including phenoxy) is 2. The summed E-state index contributed by atoms with van der Waals surface area (Å²) in [7, 11) is -4.39. The first-order chi connectivity index (χ1) is 30.3. The number of carbonyl (C=O) groups is 2. The third-order valence-electron chi connectivity index (χ3n) is 9.70. The molecule has 0 aromatic carbocycles. The van der Waals surface area contributed by atoms with Crippen molar-refractivity contribution in [3.63, 3.8) is 0 Å². The van der Waals surface area contributed by atoms with E-state index in [-0.39, 0.29) is 32.6 Å². The van der Waals surface area contributed by atoms with Crippen molar-refractivity contribution in [2.75, 3.05) is 26.4 Å². The molecule has 3 N–H and O–H groups in total. The predicted octanol–water partition coefficient (Wildman–Crippen LogP) is 14.6. The van der Waals surface area contributed by atoms with Gasteiger partial charge in [0.1, 0.15) is 6.61 Å². The maximum atomic E-state index is 12.6. The SMILES string of the molecule is CC/C=C\C/C=C\C/C=C\C/C=C\C/C=C\C/C=C\C/C=C\CCCCCCCC(=O)OC(COC(=O)CCCCCCC/C=C\CCCCCCC)COP(=O)(O)OCCN. The molecule has 0 aliphatic heterocycles. The van der Waals surface area contributed by atoms with Gasteiger partial charge in [0.25, 0.3) is 0 Å². The molecule has 0 amide bonds. The van der Waals surface area contributed by atoms with Crippen LogP contribution in [0.1, 0.15) is 187 Å². The number of hydrogen-bond donors (Lipinski definition) is 2. The fourth-order valence-electron chi connectivity index (χ4n) is 6.14. The van der Waals surface area contributed by atoms with Crippen LogP contribution in [0.2, 0.25) is 0 Å². The molecule has 0 rings (SSSR count). The van der Waals surface area contributed by atoms with Crippen LogP contribution in [0.5, 0.6) is 0 Å². The Kier molecular flexibility index (Phi) is 45.1. The summed E-state index contributed by atoms with van der Waals surface area (Å²) in [4.78, 5) is 35.0. The Morgan fingerprint density at radius 2 is 0.887 bits per heavy atom. The van der Waals surface area contributed by atoms with Crippen LogP contribution in [0.3, 0.4) is 0 Å². The van der Waals surface area contributed by atoms with E-state index < -0.39 is 32.5 Å². The molecular weight excluding hydrogens is 798 g/mol. The fraction of sp³-hybridized carbons (Fsp3) is 0.654. The monoisotopic (exact) mass is 886 g/mol. The van der Waals surface area contributed by atoms with Crippen molar-refractivity contribution in [1.82, 2.24) is 0 Å². The van der Waals surface area contributed by atoms with Gasteiger partial charge in [-0.25, -0.2) is 4.57 Å². The smallest absolute Gasteiger partial charge is 0.462 e. The van der Waals surface area contributed by atoms with Gasteiger partial charge in [0, 0.05) is 19.4 Å². The van der Waals surface area contributed by atoms with E-state index >= 15 is 0 Å². The lowest BCUT2D eigenvalue weighted by Gasteiger charge is -2.19. The molecule has 0 heterocycles. The summed E-state index contributed by atoms with van der Waals surface area (Å²) in [5.74, 6) is -0.868. The van der Waals surface area contributed by atoms with Crippen LogP contribution in [0.15, 0.2) is 97.2 Å². The van der Waals surface area contributed by atoms with Gasteiger partial charge in [-0.2, -0.15) is 0 Å². The summed E-state index contributed by atoms with van der Waals surface area (Å²) in [6.45, 7) is 3.56. The second kappa shape index (κ2) is 47.4. The van der Waals surface area contributed by atoms with E-state index in [4.69, 9.17) is 24.3 Å². The molecule has 0 bridgehead atoms. The number of hydrogen-bond acceptors (Lipinski definition) is 8. The Balaban J connectivity index is 4.16. The number of unbranched alkanes of at least 4 members (excludes halogenated alkanes) is 15. The van der Waals surface area contributed by atoms with Crippen LogP contribution in [-0.2, 0) is 32.7 Å². The standard InChI is InChI=1S/C52H88NO8P/c1-3-5-7-9-11-13-15-17-19-20-21-22-23-24-25-26-27-28-29-30-31-33-35-37-39-41-43-45-52(55)61-50(49-60-62(56,57)59-47-46-53)48-58-51(54)44-42-40-38-36-34-32-18-16-14-12-10-8-6-4-2/h5,7,11,13,16-19,21-22,24-25,27-28,30-31,50H,3-4,6,8-10,12,14-15,20,23,26,29,32-49,53H2,1-2H3,(H,56,57)/b7-5-,13-11-,18-16-,19-17-,22-21-,25-24-,28-27-,31-30-. The molecule has 354 valence electrons. The van der Waals surface area contributed by atoms with E-state index in [0.29, 0.717) is 12.8 Å². The number of phosphoric acid groups is 1. The van der Waals surface area contributed by atoms with E-state index in [9.17, 15) is 19.0 Å². The molecule has 2 atom stereocenters. The van der Waals surface area contributed by atoms with E-state index in [1.165, 1.54) is 38.5 Å². The van der Waals surface area contributed by atoms with E-state index in [0.717, 1.165) is 109 Å². The highest BCUT2D eigenvalue weighted by atomic mass is 31.2. The van der Waals surface area contributed by atoms with Crippen LogP contribution >= 0.6 is 7.82 Å². The van der Waals surface area contributed by atoms with Crippen molar-refractivity contribution in [2.24, 2.45) is 5.73 Å². The number of esters is 2. The highest BCUT2D eigenvalue weighted by Crippen LogP contribution is 2.43. The summed E-state index contributed by atoms with van der Waals surface area (Å²) < 4.78 is 32.8. The lowest BCUT2D eigenvalue weighted by Crippen LogP contribution is -2.29. The predicted molar refractivity (Wildman–Crippen MR) is 261 cm³/mol. The molecule has 0 spiro atoms. The molecule has 0 aromatic rings. The van der Waals surface area contributed by atoms with Crippen molar-refractivity contribution in [3.8, 4) is 0 Å². The Morgan fingerprint density at radius 1 is 0.500 bits per heavy atom. The van der Waals surface area contributed by atoms with Gasteiger partial charge in [-0.15, -0.1) is 0 Å². The first-order valence-electron chi connectivity index (χ1n) is 24.2. The molecule has 0 aliphatic rings. The van der Waals surface area contributed by atoms with Crippen molar-refractivity contribution in [1.29, 1.82) is 0 Å². The van der Waals surface area contributed by atoms with Gasteiger partial charge >= 0.3 is 19.8 Å². The second-order valence-electron chi connectivity index (χ2n) is 15.6. The summed E-state index contributed by atoms with van der Waals surface area (Å²) in [5.41, 5.74) is 5.36. The van der Waals surface area contributed by atoms with Gasteiger partial charge in [0.05, 0.1) is 13.2 Å². The maximum absolute atomic E-state index is 12.6. The highest BCUT2D eigenvalue weighted by Gasteiger charge is 2.26. The number of phosphoric ester groups is 1. The third-order valence-corrected chi connectivity index (χ3v) is 10.7. The minimum absolute atomic E-state index is 0.0437. The van der Waals surface area contributed by atoms with Gasteiger partial charge < -0.3 is 20.1 Å². The summed E-state index contributed by atoms with van der Waals surface area (Å²) in [6, 6.07) is 0. The second-order valence-corrected chi connectivity index (χ2v) is 17.0. The highest BCUT2D eigenvalue weighted by molar-refractivity contribution is 7.47. The molecule has 0 radical (unpaired) electrons. The van der Waals surface area contributed by atoms with Crippen molar-refractivity contribution < 1.29 is 37.6 Å². The number of allylic oxidation sites excluding steroid dienone is 16. The summed E-state index contributed by atoms with van der Waals surface area (Å²) >= 11 is 0. The lowest BCUT2D eigenvalue weighted by atomic mass is 10.1. The van der Waals surface area contributed by atoms with Crippen LogP contribution in [0.25, 0.3) is 0 Å². The number of rotatable bonds is 44. The van der Waals surface area contributed by atoms with Gasteiger partial charge in [0.15, 0.2) is 6.10 Å². The number of nitrogens with two attached hydrogens (primary N) is 1. The minimum atomic E-state index is -4.39. The average molecular weight is 886 g/mol. The molecule has 0 aliphatic carbocycles. The molecular formula is C52H88NO8P. The zero-order valence-electron chi connectivity index (χ0n) is 39.1. The van der Waals surface area contributed by atoms with Crippen LogP contribution in [0, 0.1) is 0 Å². The summed E-state index contributed by atoms with van der Waals surface area (Å²) in [6.07, 6.45) is 61.5. The summed E-state index contributed by atoms with van der Waals surface area (Å²) in [5, 5.41) is 0. The Morgan fingerprint density at radius 3 is 1.34 bits per heavy atom. The fourth-order valence-corrected chi connectivity index (χ4v) is 6.90. The molecule has 0 saturated heterocycles. The Labute approximate surface area is 378 Å². The van der Waals surface area contributed by atoms with Gasteiger partial charge in [-0.3, -0.25) is 18.6 Å². The quantitative estimate of drug-likeness (QED) is 0.0265. The lowest BCUT2D eigenvalue weighted by molar-refractivity contribution is -0.161. The third kappa shape index (κ3) is 46.4. The minimum Gasteiger partial charge on any atom is -0.462 e. The first-order valence-corrected chi connectivity index (χ1v) is 25.7. The van der Waals surface area contributed by atoms with Crippen LogP contribution in [0.4, 0.5) is 0 Å². The molecule has 0 fully saturated rings. The van der Waals surface area contributed by atoms with Gasteiger partial charge in [-0.05, 0) is 96.3 Å². The average Bonchev–Trinajstić information content (AvgIpc) is 3.26. The van der Waals surface area contributed by atoms with Crippen molar-refractivity contribution >= 4 is 19.8 Å². The van der Waals surface area contributed by atoms with Crippen molar-refractivity contribution in [2.45, 2.75) is 193 Å². The molecule has 2 unspecified atom stereocenters. The number of carbonyl (C=O) groups excluding carboxylic acids is 2. The van der Waals surface area contributed by atoms with E-state index in [1.54, 1.807) is 0 Å². The van der Waals surface area contributed by atoms with Gasteiger partial charge in [0.2, 0.25) is 0 Å². The van der Waals surface area contributed by atoms with E-state index in [1.807, 2.05) is 0 Å². The van der Waals surface area contributed by atoms with Crippen LogP contribution < -0.4 is 5.73 Å². The first kappa shape index (κ1) is 58.9. The molecule has 0 saturated carbocycles. The van der Waals surface area contributed by atoms with E-state index in [2.05, 4.69) is 111 Å². The molecule has 10 heteroatoms.